The second kappa shape index (κ2) is 8.85. The van der Waals surface area contributed by atoms with E-state index in [-0.39, 0.29) is 6.10 Å². The van der Waals surface area contributed by atoms with Crippen molar-refractivity contribution in [1.82, 2.24) is 0 Å². The number of aliphatic hydroxyl groups is 1. The van der Waals surface area contributed by atoms with E-state index in [0.717, 1.165) is 48.9 Å². The number of carbonyl (C=O) groups is 1. The Labute approximate surface area is 178 Å². The monoisotopic (exact) mass is 400 g/mol. The van der Waals surface area contributed by atoms with Crippen LogP contribution in [-0.4, -0.2) is 17.0 Å². The van der Waals surface area contributed by atoms with Crippen LogP contribution >= 0.6 is 0 Å². The van der Waals surface area contributed by atoms with Gasteiger partial charge in [0.15, 0.2) is 5.78 Å². The molecule has 1 N–H and O–H groups in total. The average molecular weight is 401 g/mol. The molecule has 0 aromatic rings. The Morgan fingerprint density at radius 1 is 0.966 bits per heavy atom. The van der Waals surface area contributed by atoms with Crippen molar-refractivity contribution in [2.45, 2.75) is 98.0 Å². The van der Waals surface area contributed by atoms with Crippen LogP contribution < -0.4 is 0 Å². The standard InChI is InChI=1S/C27H44O2/c1-5-18(16(2)3)7-6-17(4)21-10-12-25-23(21)11-13-24-22-9-8-20(28)14-19(22)15-26(29)27(24)25/h15-18,20-25,27-28H,5-14H2,1-4H3/t17-,18-,20+,21-,22+,23-,24-,25-,27-/m1/s1. The Hall–Kier alpha value is -0.630. The van der Waals surface area contributed by atoms with E-state index in [1.165, 1.54) is 50.5 Å². The van der Waals surface area contributed by atoms with Gasteiger partial charge in [0.1, 0.15) is 0 Å². The molecule has 4 aliphatic rings. The van der Waals surface area contributed by atoms with Crippen LogP contribution in [0.5, 0.6) is 0 Å². The molecule has 0 aromatic heterocycles. The molecule has 0 spiro atoms. The van der Waals surface area contributed by atoms with Gasteiger partial charge in [-0.2, -0.15) is 0 Å². The van der Waals surface area contributed by atoms with Crippen molar-refractivity contribution >= 4 is 5.78 Å². The molecule has 0 unspecified atom stereocenters. The zero-order chi connectivity index (χ0) is 20.7. The van der Waals surface area contributed by atoms with E-state index in [0.29, 0.717) is 29.5 Å². The number of rotatable bonds is 6. The second-order valence-corrected chi connectivity index (χ2v) is 11.5. The first kappa shape index (κ1) is 21.6. The number of hydrogen-bond donors (Lipinski definition) is 1. The summed E-state index contributed by atoms with van der Waals surface area (Å²) in [6.45, 7) is 9.62. The van der Waals surface area contributed by atoms with E-state index in [1.54, 1.807) is 0 Å². The fraction of sp³-hybridized carbons (Fsp3) is 0.889. The highest BCUT2D eigenvalue weighted by Gasteiger charge is 2.53. The normalized spacial score (nSPS) is 41.4. The van der Waals surface area contributed by atoms with E-state index in [2.05, 4.69) is 27.7 Å². The van der Waals surface area contributed by atoms with Crippen molar-refractivity contribution < 1.29 is 9.90 Å². The SMILES string of the molecule is CC[C@H](CC[C@@H](C)[C@H]1CC[C@@H]2[C@@H]1CC[C@H]1[C@H]2C(=O)C=C2C[C@@H](O)CC[C@@H]21)C(C)C. The van der Waals surface area contributed by atoms with E-state index < -0.39 is 0 Å². The third-order valence-corrected chi connectivity index (χ3v) is 9.81. The highest BCUT2D eigenvalue weighted by molar-refractivity contribution is 5.94. The molecule has 4 aliphatic carbocycles. The van der Waals surface area contributed by atoms with Crippen LogP contribution in [0.25, 0.3) is 0 Å². The molecule has 2 heteroatoms. The maximum absolute atomic E-state index is 13.2. The molecule has 2 nitrogen and oxygen atoms in total. The molecule has 0 saturated heterocycles. The van der Waals surface area contributed by atoms with Gasteiger partial charge < -0.3 is 5.11 Å². The topological polar surface area (TPSA) is 37.3 Å². The quantitative estimate of drug-likeness (QED) is 0.558. The molecular weight excluding hydrogens is 356 g/mol. The van der Waals surface area contributed by atoms with Crippen LogP contribution in [0.15, 0.2) is 11.6 Å². The highest BCUT2D eigenvalue weighted by atomic mass is 16.3. The molecule has 0 amide bonds. The summed E-state index contributed by atoms with van der Waals surface area (Å²) in [5, 5.41) is 10.1. The Balaban J connectivity index is 1.43. The van der Waals surface area contributed by atoms with E-state index in [9.17, 15) is 9.90 Å². The average Bonchev–Trinajstić information content (AvgIpc) is 3.11. The van der Waals surface area contributed by atoms with Gasteiger partial charge in [-0.15, -0.1) is 0 Å². The zero-order valence-corrected chi connectivity index (χ0v) is 19.3. The van der Waals surface area contributed by atoms with Crippen molar-refractivity contribution in [3.63, 3.8) is 0 Å². The van der Waals surface area contributed by atoms with Gasteiger partial charge in [0, 0.05) is 5.92 Å². The number of aliphatic hydroxyl groups excluding tert-OH is 1. The predicted octanol–water partition coefficient (Wildman–Crippen LogP) is 6.42. The van der Waals surface area contributed by atoms with Gasteiger partial charge in [-0.3, -0.25) is 4.79 Å². The molecular formula is C27H44O2. The van der Waals surface area contributed by atoms with Crippen molar-refractivity contribution in [2.24, 2.45) is 53.3 Å². The Morgan fingerprint density at radius 3 is 2.41 bits per heavy atom. The number of carbonyl (C=O) groups excluding carboxylic acids is 1. The number of hydrogen-bond acceptors (Lipinski definition) is 2. The van der Waals surface area contributed by atoms with Crippen molar-refractivity contribution in [2.75, 3.05) is 0 Å². The third kappa shape index (κ3) is 4.12. The van der Waals surface area contributed by atoms with Crippen molar-refractivity contribution in [1.29, 1.82) is 0 Å². The van der Waals surface area contributed by atoms with Gasteiger partial charge in [0.25, 0.3) is 0 Å². The summed E-state index contributed by atoms with van der Waals surface area (Å²) in [6.07, 6.45) is 13.9. The summed E-state index contributed by atoms with van der Waals surface area (Å²) in [5.41, 5.74) is 1.29. The first-order valence-corrected chi connectivity index (χ1v) is 12.8. The molecule has 0 bridgehead atoms. The van der Waals surface area contributed by atoms with Crippen molar-refractivity contribution in [3.8, 4) is 0 Å². The molecule has 9 atom stereocenters. The Kier molecular flexibility index (Phi) is 6.59. The lowest BCUT2D eigenvalue weighted by molar-refractivity contribution is -0.127. The second-order valence-electron chi connectivity index (χ2n) is 11.5. The fourth-order valence-corrected chi connectivity index (χ4v) is 8.18. The van der Waals surface area contributed by atoms with Gasteiger partial charge >= 0.3 is 0 Å². The molecule has 0 aliphatic heterocycles. The van der Waals surface area contributed by atoms with Crippen LogP contribution in [0.3, 0.4) is 0 Å². The fourth-order valence-electron chi connectivity index (χ4n) is 8.18. The molecule has 29 heavy (non-hydrogen) atoms. The van der Waals surface area contributed by atoms with Gasteiger partial charge in [0.05, 0.1) is 6.10 Å². The minimum Gasteiger partial charge on any atom is -0.393 e. The zero-order valence-electron chi connectivity index (χ0n) is 19.3. The van der Waals surface area contributed by atoms with Gasteiger partial charge in [-0.1, -0.05) is 46.1 Å². The summed E-state index contributed by atoms with van der Waals surface area (Å²) in [7, 11) is 0. The summed E-state index contributed by atoms with van der Waals surface area (Å²) >= 11 is 0. The summed E-state index contributed by atoms with van der Waals surface area (Å²) in [6, 6.07) is 0. The minimum atomic E-state index is -0.215. The molecule has 3 fully saturated rings. The molecule has 164 valence electrons. The molecule has 4 rings (SSSR count). The lowest BCUT2D eigenvalue weighted by atomic mass is 9.55. The molecule has 0 radical (unpaired) electrons. The summed E-state index contributed by atoms with van der Waals surface area (Å²) < 4.78 is 0. The van der Waals surface area contributed by atoms with Crippen LogP contribution in [0.1, 0.15) is 91.9 Å². The summed E-state index contributed by atoms with van der Waals surface area (Å²) in [5.74, 6) is 6.65. The molecule has 0 heterocycles. The smallest absolute Gasteiger partial charge is 0.159 e. The van der Waals surface area contributed by atoms with Crippen LogP contribution in [0.4, 0.5) is 0 Å². The third-order valence-electron chi connectivity index (χ3n) is 9.81. The largest absolute Gasteiger partial charge is 0.393 e. The number of ketones is 1. The van der Waals surface area contributed by atoms with E-state index in [4.69, 9.17) is 0 Å². The number of allylic oxidation sites excluding steroid dienone is 1. The van der Waals surface area contributed by atoms with Gasteiger partial charge in [-0.25, -0.2) is 0 Å². The molecule has 3 saturated carbocycles. The Bertz CT molecular complexity index is 620. The van der Waals surface area contributed by atoms with E-state index in [1.807, 2.05) is 6.08 Å². The molecule has 0 aromatic carbocycles. The minimum absolute atomic E-state index is 0.215. The highest BCUT2D eigenvalue weighted by Crippen LogP contribution is 2.58. The lowest BCUT2D eigenvalue weighted by Crippen LogP contribution is -2.46. The predicted molar refractivity (Wildman–Crippen MR) is 119 cm³/mol. The number of fused-ring (bicyclic) bond motifs is 5. The maximum Gasteiger partial charge on any atom is 0.159 e. The van der Waals surface area contributed by atoms with Crippen LogP contribution in [0, 0.1) is 53.3 Å². The first-order valence-electron chi connectivity index (χ1n) is 12.8. The van der Waals surface area contributed by atoms with E-state index >= 15 is 0 Å². The van der Waals surface area contributed by atoms with Gasteiger partial charge in [0.2, 0.25) is 0 Å². The summed E-state index contributed by atoms with van der Waals surface area (Å²) in [4.78, 5) is 13.2. The lowest BCUT2D eigenvalue weighted by Gasteiger charge is -2.49. The van der Waals surface area contributed by atoms with Gasteiger partial charge in [-0.05, 0) is 105 Å². The van der Waals surface area contributed by atoms with Crippen LogP contribution in [-0.2, 0) is 4.79 Å². The first-order chi connectivity index (χ1) is 13.9. The maximum atomic E-state index is 13.2. The van der Waals surface area contributed by atoms with Crippen LogP contribution in [0.2, 0.25) is 0 Å². The Morgan fingerprint density at radius 2 is 1.69 bits per heavy atom. The van der Waals surface area contributed by atoms with Crippen molar-refractivity contribution in [3.05, 3.63) is 11.6 Å².